The lowest BCUT2D eigenvalue weighted by Gasteiger charge is -2.23. The average molecular weight is 264 g/mol. The molecule has 1 fully saturated rings. The lowest BCUT2D eigenvalue weighted by atomic mass is 10.1. The Balaban J connectivity index is 2.08. The molecule has 0 N–H and O–H groups in total. The van der Waals surface area contributed by atoms with Crippen LogP contribution in [0.4, 0.5) is 0 Å². The molecule has 98 valence electrons. The van der Waals surface area contributed by atoms with Crippen LogP contribution in [0.25, 0.3) is 0 Å². The maximum atomic E-state index is 5.98. The molecular formula is C14H20O3Si. The zero-order valence-electron chi connectivity index (χ0n) is 10.9. The predicted molar refractivity (Wildman–Crippen MR) is 74.7 cm³/mol. The van der Waals surface area contributed by atoms with E-state index in [1.54, 1.807) is 7.11 Å². The Labute approximate surface area is 110 Å². The summed E-state index contributed by atoms with van der Waals surface area (Å²) in [5, 5.41) is 0. The molecule has 0 amide bonds. The highest BCUT2D eigenvalue weighted by Crippen LogP contribution is 2.30. The van der Waals surface area contributed by atoms with Crippen LogP contribution in [0.15, 0.2) is 30.9 Å². The van der Waals surface area contributed by atoms with E-state index < -0.39 is 9.28 Å². The highest BCUT2D eigenvalue weighted by atomic mass is 28.3. The molecule has 1 heterocycles. The van der Waals surface area contributed by atoms with Gasteiger partial charge in [-0.05, 0) is 43.0 Å². The molecule has 1 aliphatic rings. The zero-order chi connectivity index (χ0) is 12.8. The first-order valence-electron chi connectivity index (χ1n) is 6.39. The molecule has 0 aromatic heterocycles. The minimum absolute atomic E-state index is 0.788. The summed E-state index contributed by atoms with van der Waals surface area (Å²) in [6.45, 7) is 4.58. The Bertz CT molecular complexity index is 400. The number of methoxy groups -OCH3 is 1. The van der Waals surface area contributed by atoms with Crippen molar-refractivity contribution in [3.63, 3.8) is 0 Å². The largest absolute Gasteiger partial charge is 0.519 e. The van der Waals surface area contributed by atoms with E-state index in [2.05, 4.69) is 12.6 Å². The minimum atomic E-state index is -1.53. The summed E-state index contributed by atoms with van der Waals surface area (Å²) in [6.07, 6.45) is 5.10. The molecule has 1 saturated heterocycles. The van der Waals surface area contributed by atoms with Crippen molar-refractivity contribution in [1.82, 2.24) is 0 Å². The van der Waals surface area contributed by atoms with Crippen LogP contribution >= 0.6 is 0 Å². The van der Waals surface area contributed by atoms with Crippen molar-refractivity contribution in [2.24, 2.45) is 0 Å². The van der Waals surface area contributed by atoms with E-state index in [-0.39, 0.29) is 0 Å². The molecule has 1 aromatic carbocycles. The molecule has 1 unspecified atom stereocenters. The third-order valence-corrected chi connectivity index (χ3v) is 5.01. The molecule has 1 aliphatic heterocycles. The predicted octanol–water partition coefficient (Wildman–Crippen LogP) is 2.83. The maximum Gasteiger partial charge on any atom is 0.382 e. The van der Waals surface area contributed by atoms with Gasteiger partial charge in [0.1, 0.15) is 5.75 Å². The Morgan fingerprint density at radius 1 is 1.39 bits per heavy atom. The van der Waals surface area contributed by atoms with Crippen LogP contribution in [-0.2, 0) is 10.8 Å². The second kappa shape index (κ2) is 6.61. The van der Waals surface area contributed by atoms with E-state index in [0.717, 1.165) is 37.0 Å². The molecule has 2 rings (SSSR count). The van der Waals surface area contributed by atoms with Crippen LogP contribution < -0.4 is 9.16 Å². The Kier molecular flexibility index (Phi) is 4.84. The minimum Gasteiger partial charge on any atom is -0.519 e. The summed E-state index contributed by atoms with van der Waals surface area (Å²) in [5.41, 5.74) is 1.18. The van der Waals surface area contributed by atoms with E-state index >= 15 is 0 Å². The van der Waals surface area contributed by atoms with E-state index in [4.69, 9.17) is 13.6 Å². The van der Waals surface area contributed by atoms with Crippen LogP contribution in [-0.4, -0.2) is 23.0 Å². The first-order valence-corrected chi connectivity index (χ1v) is 8.15. The number of rotatable bonds is 5. The first kappa shape index (κ1) is 13.2. The van der Waals surface area contributed by atoms with E-state index in [0.29, 0.717) is 0 Å². The Hall–Kier alpha value is -1.26. The normalized spacial score (nSPS) is 19.3. The molecule has 0 radical (unpaired) electrons. The summed E-state index contributed by atoms with van der Waals surface area (Å²) >= 11 is 0. The molecule has 0 bridgehead atoms. The van der Waals surface area contributed by atoms with Gasteiger partial charge in [0.15, 0.2) is 5.75 Å². The van der Waals surface area contributed by atoms with Gasteiger partial charge in [0.05, 0.1) is 7.11 Å². The Morgan fingerprint density at radius 3 is 2.94 bits per heavy atom. The Morgan fingerprint density at radius 2 is 2.28 bits per heavy atom. The summed E-state index contributed by atoms with van der Waals surface area (Å²) in [7, 11) is 0.143. The fraction of sp³-hybridized carbons (Fsp3) is 0.429. The number of hydrogen-bond acceptors (Lipinski definition) is 3. The fourth-order valence-corrected chi connectivity index (χ4v) is 3.93. The van der Waals surface area contributed by atoms with E-state index in [9.17, 15) is 0 Å². The zero-order valence-corrected chi connectivity index (χ0v) is 12.0. The molecule has 0 spiro atoms. The van der Waals surface area contributed by atoms with Gasteiger partial charge in [0.2, 0.25) is 0 Å². The number of allylic oxidation sites excluding steroid dienone is 1. The van der Waals surface area contributed by atoms with Crippen LogP contribution in [0, 0.1) is 0 Å². The van der Waals surface area contributed by atoms with Crippen molar-refractivity contribution in [3.8, 4) is 11.5 Å². The van der Waals surface area contributed by atoms with Crippen molar-refractivity contribution in [2.75, 3.05) is 13.7 Å². The third-order valence-electron chi connectivity index (χ3n) is 3.00. The summed E-state index contributed by atoms with van der Waals surface area (Å²) in [5.74, 6) is 1.60. The van der Waals surface area contributed by atoms with Gasteiger partial charge in [-0.2, -0.15) is 0 Å². The van der Waals surface area contributed by atoms with Crippen molar-refractivity contribution < 1.29 is 13.6 Å². The number of hydrogen-bond donors (Lipinski definition) is 0. The average Bonchev–Trinajstić information content (AvgIpc) is 2.42. The molecule has 1 atom stereocenters. The molecule has 18 heavy (non-hydrogen) atoms. The molecule has 4 heteroatoms. The standard InChI is InChI=1S/C14H20O3Si/c1-3-6-12-7-8-13(14(11-12)15-2)17-18-10-5-4-9-16-18/h3,7-8,11,18H,1,4-6,9-10H2,2H3. The fourth-order valence-electron chi connectivity index (χ4n) is 2.05. The highest BCUT2D eigenvalue weighted by Gasteiger charge is 2.20. The molecule has 3 nitrogen and oxygen atoms in total. The van der Waals surface area contributed by atoms with E-state index in [1.807, 2.05) is 18.2 Å². The maximum absolute atomic E-state index is 5.98. The summed E-state index contributed by atoms with van der Waals surface area (Å²) in [6, 6.07) is 7.12. The molecule has 1 aromatic rings. The quantitative estimate of drug-likeness (QED) is 0.604. The van der Waals surface area contributed by atoms with Crippen LogP contribution in [0.2, 0.25) is 6.04 Å². The summed E-state index contributed by atoms with van der Waals surface area (Å²) < 4.78 is 17.1. The van der Waals surface area contributed by atoms with Gasteiger partial charge in [-0.25, -0.2) is 0 Å². The van der Waals surface area contributed by atoms with Crippen LogP contribution in [0.5, 0.6) is 11.5 Å². The number of ether oxygens (including phenoxy) is 1. The van der Waals surface area contributed by atoms with Crippen molar-refractivity contribution in [2.45, 2.75) is 25.3 Å². The highest BCUT2D eigenvalue weighted by molar-refractivity contribution is 6.45. The SMILES string of the molecule is C=CCc1ccc(O[SiH]2CCCCO2)c(OC)c1. The van der Waals surface area contributed by atoms with Gasteiger partial charge in [-0.1, -0.05) is 12.1 Å². The van der Waals surface area contributed by atoms with Crippen LogP contribution in [0.1, 0.15) is 18.4 Å². The second-order valence-corrected chi connectivity index (χ2v) is 6.40. The molecular weight excluding hydrogens is 244 g/mol. The van der Waals surface area contributed by atoms with Gasteiger partial charge >= 0.3 is 9.28 Å². The van der Waals surface area contributed by atoms with Crippen molar-refractivity contribution >= 4 is 9.28 Å². The molecule has 0 saturated carbocycles. The van der Waals surface area contributed by atoms with Gasteiger partial charge in [0, 0.05) is 6.61 Å². The first-order chi connectivity index (χ1) is 8.83. The van der Waals surface area contributed by atoms with Gasteiger partial charge in [-0.3, -0.25) is 0 Å². The van der Waals surface area contributed by atoms with E-state index in [1.165, 1.54) is 12.0 Å². The monoisotopic (exact) mass is 264 g/mol. The smallest absolute Gasteiger partial charge is 0.382 e. The third kappa shape index (κ3) is 3.37. The lowest BCUT2D eigenvalue weighted by molar-refractivity contribution is 0.234. The van der Waals surface area contributed by atoms with Crippen molar-refractivity contribution in [1.29, 1.82) is 0 Å². The topological polar surface area (TPSA) is 27.7 Å². The van der Waals surface area contributed by atoms with Gasteiger partial charge in [0.25, 0.3) is 0 Å². The van der Waals surface area contributed by atoms with Gasteiger partial charge < -0.3 is 13.6 Å². The lowest BCUT2D eigenvalue weighted by Crippen LogP contribution is -2.30. The van der Waals surface area contributed by atoms with Crippen molar-refractivity contribution in [3.05, 3.63) is 36.4 Å². The molecule has 0 aliphatic carbocycles. The van der Waals surface area contributed by atoms with Crippen LogP contribution in [0.3, 0.4) is 0 Å². The second-order valence-electron chi connectivity index (χ2n) is 4.39. The number of benzene rings is 1. The van der Waals surface area contributed by atoms with Gasteiger partial charge in [-0.15, -0.1) is 6.58 Å². The summed E-state index contributed by atoms with van der Waals surface area (Å²) in [4.78, 5) is 0.